The zero-order valence-electron chi connectivity index (χ0n) is 12.3. The van der Waals surface area contributed by atoms with Crippen LogP contribution in [0.15, 0.2) is 17.0 Å². The molecular formula is C15H23NO3S. The van der Waals surface area contributed by atoms with Gasteiger partial charge in [0.15, 0.2) is 0 Å². The van der Waals surface area contributed by atoms with Crippen molar-refractivity contribution in [2.45, 2.75) is 57.5 Å². The number of aryl methyl sites for hydroxylation is 2. The fourth-order valence-electron chi connectivity index (χ4n) is 2.97. The van der Waals surface area contributed by atoms with Crippen molar-refractivity contribution in [1.82, 2.24) is 0 Å². The van der Waals surface area contributed by atoms with Gasteiger partial charge in [0.05, 0.1) is 11.0 Å². The minimum atomic E-state index is -3.68. The Balaban J connectivity index is 2.19. The van der Waals surface area contributed by atoms with Crippen LogP contribution in [0, 0.1) is 19.8 Å². The van der Waals surface area contributed by atoms with Crippen molar-refractivity contribution in [3.05, 3.63) is 23.3 Å². The lowest BCUT2D eigenvalue weighted by atomic mass is 9.89. The van der Waals surface area contributed by atoms with Crippen molar-refractivity contribution in [2.75, 3.05) is 0 Å². The van der Waals surface area contributed by atoms with Gasteiger partial charge in [-0.05, 0) is 68.7 Å². The van der Waals surface area contributed by atoms with Crippen molar-refractivity contribution < 1.29 is 13.2 Å². The molecule has 2 rings (SSSR count). The van der Waals surface area contributed by atoms with Crippen molar-refractivity contribution >= 4 is 10.0 Å². The van der Waals surface area contributed by atoms with Gasteiger partial charge in [0.25, 0.3) is 0 Å². The van der Waals surface area contributed by atoms with E-state index >= 15 is 0 Å². The first-order valence-corrected chi connectivity index (χ1v) is 8.62. The number of benzene rings is 1. The van der Waals surface area contributed by atoms with Gasteiger partial charge in [-0.2, -0.15) is 0 Å². The Morgan fingerprint density at radius 2 is 1.60 bits per heavy atom. The second-order valence-electron chi connectivity index (χ2n) is 5.93. The highest BCUT2D eigenvalue weighted by molar-refractivity contribution is 7.89. The van der Waals surface area contributed by atoms with Gasteiger partial charge in [-0.3, -0.25) is 0 Å². The number of hydrogen-bond donors (Lipinski definition) is 1. The van der Waals surface area contributed by atoms with Crippen LogP contribution in [0.25, 0.3) is 0 Å². The van der Waals surface area contributed by atoms with Gasteiger partial charge in [-0.1, -0.05) is 6.92 Å². The largest absolute Gasteiger partial charge is 0.490 e. The van der Waals surface area contributed by atoms with Crippen LogP contribution >= 0.6 is 0 Å². The molecule has 0 spiro atoms. The van der Waals surface area contributed by atoms with Crippen molar-refractivity contribution in [3.8, 4) is 5.75 Å². The molecule has 112 valence electrons. The van der Waals surface area contributed by atoms with Gasteiger partial charge >= 0.3 is 0 Å². The average molecular weight is 297 g/mol. The Kier molecular flexibility index (Phi) is 4.39. The molecular weight excluding hydrogens is 274 g/mol. The standard InChI is InChI=1S/C15H23NO3S/c1-10-4-6-13(7-5-10)19-14-8-11(2)15(12(3)9-14)20(16,17)18/h8-10,13H,4-7H2,1-3H3,(H2,16,17,18). The first-order chi connectivity index (χ1) is 9.27. The highest BCUT2D eigenvalue weighted by Gasteiger charge is 2.21. The first kappa shape index (κ1) is 15.3. The first-order valence-electron chi connectivity index (χ1n) is 7.08. The minimum absolute atomic E-state index is 0.210. The molecule has 0 unspecified atom stereocenters. The van der Waals surface area contributed by atoms with Crippen LogP contribution in [-0.2, 0) is 10.0 Å². The lowest BCUT2D eigenvalue weighted by Gasteiger charge is -2.27. The van der Waals surface area contributed by atoms with E-state index in [4.69, 9.17) is 9.88 Å². The molecule has 0 aliphatic heterocycles. The fraction of sp³-hybridized carbons (Fsp3) is 0.600. The average Bonchev–Trinajstić information content (AvgIpc) is 2.29. The van der Waals surface area contributed by atoms with E-state index in [1.807, 2.05) is 0 Å². The van der Waals surface area contributed by atoms with Crippen molar-refractivity contribution in [1.29, 1.82) is 0 Å². The normalized spacial score (nSPS) is 23.6. The lowest BCUT2D eigenvalue weighted by molar-refractivity contribution is 0.135. The maximum absolute atomic E-state index is 11.5. The topological polar surface area (TPSA) is 69.4 Å². The second-order valence-corrected chi connectivity index (χ2v) is 7.43. The Bertz CT molecular complexity index is 564. The summed E-state index contributed by atoms with van der Waals surface area (Å²) in [6, 6.07) is 3.54. The molecule has 1 aliphatic rings. The molecule has 0 aromatic heterocycles. The molecule has 1 fully saturated rings. The van der Waals surface area contributed by atoms with E-state index in [0.29, 0.717) is 11.1 Å². The van der Waals surface area contributed by atoms with Gasteiger partial charge in [0.1, 0.15) is 5.75 Å². The zero-order chi connectivity index (χ0) is 14.9. The van der Waals surface area contributed by atoms with Gasteiger partial charge in [-0.15, -0.1) is 0 Å². The third-order valence-corrected chi connectivity index (χ3v) is 5.20. The Hall–Kier alpha value is -1.07. The fourth-order valence-corrected chi connectivity index (χ4v) is 3.98. The van der Waals surface area contributed by atoms with Crippen molar-refractivity contribution in [3.63, 3.8) is 0 Å². The predicted octanol–water partition coefficient (Wildman–Crippen LogP) is 2.91. The molecule has 0 amide bonds. The highest BCUT2D eigenvalue weighted by Crippen LogP contribution is 2.30. The van der Waals surface area contributed by atoms with Gasteiger partial charge in [0.2, 0.25) is 10.0 Å². The summed E-state index contributed by atoms with van der Waals surface area (Å²) in [5.41, 5.74) is 1.29. The smallest absolute Gasteiger partial charge is 0.238 e. The van der Waals surface area contributed by atoms with Crippen LogP contribution < -0.4 is 9.88 Å². The van der Waals surface area contributed by atoms with Crippen LogP contribution in [0.3, 0.4) is 0 Å². The lowest BCUT2D eigenvalue weighted by Crippen LogP contribution is -2.23. The summed E-state index contributed by atoms with van der Waals surface area (Å²) in [6.45, 7) is 5.77. The van der Waals surface area contributed by atoms with E-state index in [-0.39, 0.29) is 11.0 Å². The Labute approximate surface area is 121 Å². The number of ether oxygens (including phenoxy) is 1. The van der Waals surface area contributed by atoms with E-state index in [1.54, 1.807) is 26.0 Å². The molecule has 0 atom stereocenters. The summed E-state index contributed by atoms with van der Waals surface area (Å²) in [6.07, 6.45) is 4.76. The maximum atomic E-state index is 11.5. The molecule has 1 aromatic rings. The number of hydrogen-bond acceptors (Lipinski definition) is 3. The van der Waals surface area contributed by atoms with E-state index < -0.39 is 10.0 Å². The number of sulfonamides is 1. The molecule has 1 aromatic carbocycles. The highest BCUT2D eigenvalue weighted by atomic mass is 32.2. The predicted molar refractivity (Wildman–Crippen MR) is 79.3 cm³/mol. The number of nitrogens with two attached hydrogens (primary N) is 1. The zero-order valence-corrected chi connectivity index (χ0v) is 13.2. The monoisotopic (exact) mass is 297 g/mol. The van der Waals surface area contributed by atoms with E-state index in [0.717, 1.165) is 24.5 Å². The third kappa shape index (κ3) is 3.52. The quantitative estimate of drug-likeness (QED) is 0.932. The summed E-state index contributed by atoms with van der Waals surface area (Å²) in [5.74, 6) is 1.52. The van der Waals surface area contributed by atoms with Crippen LogP contribution in [0.2, 0.25) is 0 Å². The summed E-state index contributed by atoms with van der Waals surface area (Å²) >= 11 is 0. The summed E-state index contributed by atoms with van der Waals surface area (Å²) in [5, 5.41) is 5.24. The van der Waals surface area contributed by atoms with Crippen LogP contribution in [0.4, 0.5) is 0 Å². The van der Waals surface area contributed by atoms with Gasteiger partial charge in [0, 0.05) is 0 Å². The summed E-state index contributed by atoms with van der Waals surface area (Å²) in [7, 11) is -3.68. The minimum Gasteiger partial charge on any atom is -0.490 e. The second kappa shape index (κ2) is 5.74. The SMILES string of the molecule is Cc1cc(OC2CCC(C)CC2)cc(C)c1S(N)(=O)=O. The van der Waals surface area contributed by atoms with E-state index in [2.05, 4.69) is 6.92 Å². The van der Waals surface area contributed by atoms with Crippen LogP contribution in [0.5, 0.6) is 5.75 Å². The molecule has 0 radical (unpaired) electrons. The summed E-state index contributed by atoms with van der Waals surface area (Å²) < 4.78 is 29.1. The molecule has 20 heavy (non-hydrogen) atoms. The molecule has 1 aliphatic carbocycles. The molecule has 1 saturated carbocycles. The van der Waals surface area contributed by atoms with E-state index in [1.165, 1.54) is 12.8 Å². The maximum Gasteiger partial charge on any atom is 0.238 e. The molecule has 5 heteroatoms. The molecule has 4 nitrogen and oxygen atoms in total. The van der Waals surface area contributed by atoms with Gasteiger partial charge < -0.3 is 4.74 Å². The Morgan fingerprint density at radius 3 is 2.05 bits per heavy atom. The Morgan fingerprint density at radius 1 is 1.10 bits per heavy atom. The molecule has 0 heterocycles. The van der Waals surface area contributed by atoms with Crippen molar-refractivity contribution in [2.24, 2.45) is 11.1 Å². The number of rotatable bonds is 3. The van der Waals surface area contributed by atoms with E-state index in [9.17, 15) is 8.42 Å². The van der Waals surface area contributed by atoms with Crippen LogP contribution in [-0.4, -0.2) is 14.5 Å². The molecule has 2 N–H and O–H groups in total. The molecule has 0 bridgehead atoms. The summed E-state index contributed by atoms with van der Waals surface area (Å²) in [4.78, 5) is 0.210. The molecule has 0 saturated heterocycles. The van der Waals surface area contributed by atoms with Gasteiger partial charge in [-0.25, -0.2) is 13.6 Å². The number of primary sulfonamides is 1. The third-order valence-electron chi connectivity index (χ3n) is 3.98. The van der Waals surface area contributed by atoms with Crippen LogP contribution in [0.1, 0.15) is 43.7 Å².